The molecular formula is C26H21IN2O2. The number of carbonyl (C=O) groups is 2. The van der Waals surface area contributed by atoms with Crippen molar-refractivity contribution in [3.05, 3.63) is 106 Å². The number of carbonyl (C=O) groups excluding carboxylic acids is 2. The first-order valence-electron chi connectivity index (χ1n) is 10.0. The second-order valence-corrected chi connectivity index (χ2v) is 8.22. The Morgan fingerprint density at radius 3 is 2.39 bits per heavy atom. The quantitative estimate of drug-likeness (QED) is 0.311. The molecule has 31 heavy (non-hydrogen) atoms. The third kappa shape index (κ3) is 4.46. The number of nitrogens with zero attached hydrogens (tertiary/aromatic N) is 1. The van der Waals surface area contributed by atoms with Crippen molar-refractivity contribution in [1.82, 2.24) is 0 Å². The molecule has 0 spiro atoms. The molecule has 0 atom stereocenters. The molecule has 0 radical (unpaired) electrons. The van der Waals surface area contributed by atoms with E-state index >= 15 is 0 Å². The molecule has 0 fully saturated rings. The first kappa shape index (κ1) is 21.1. The monoisotopic (exact) mass is 520 g/mol. The van der Waals surface area contributed by atoms with E-state index in [0.29, 0.717) is 23.4 Å². The Kier molecular flexibility index (Phi) is 6.32. The van der Waals surface area contributed by atoms with Crippen LogP contribution in [-0.4, -0.2) is 18.4 Å². The second-order valence-electron chi connectivity index (χ2n) is 7.06. The number of anilines is 2. The van der Waals surface area contributed by atoms with Crippen molar-refractivity contribution in [2.75, 3.05) is 16.8 Å². The smallest absolute Gasteiger partial charge is 0.258 e. The third-order valence-electron chi connectivity index (χ3n) is 5.10. The lowest BCUT2D eigenvalue weighted by Gasteiger charge is -2.23. The van der Waals surface area contributed by atoms with Crippen LogP contribution in [-0.2, 0) is 0 Å². The van der Waals surface area contributed by atoms with Gasteiger partial charge in [-0.25, -0.2) is 0 Å². The van der Waals surface area contributed by atoms with Crippen LogP contribution >= 0.6 is 22.6 Å². The summed E-state index contributed by atoms with van der Waals surface area (Å²) in [6, 6.07) is 28.5. The van der Waals surface area contributed by atoms with Gasteiger partial charge < -0.3 is 10.2 Å². The number of hydrogen-bond donors (Lipinski definition) is 1. The summed E-state index contributed by atoms with van der Waals surface area (Å²) in [7, 11) is 0. The molecule has 2 amide bonds. The zero-order valence-electron chi connectivity index (χ0n) is 17.0. The largest absolute Gasteiger partial charge is 0.322 e. The topological polar surface area (TPSA) is 49.4 Å². The predicted molar refractivity (Wildman–Crippen MR) is 135 cm³/mol. The van der Waals surface area contributed by atoms with Gasteiger partial charge in [0, 0.05) is 26.8 Å². The molecule has 4 rings (SSSR count). The number of nitrogens with one attached hydrogen (secondary N) is 1. The molecule has 0 aromatic heterocycles. The second kappa shape index (κ2) is 9.31. The summed E-state index contributed by atoms with van der Waals surface area (Å²) in [5.74, 6) is -0.305. The number of rotatable bonds is 5. The number of fused-ring (bicyclic) bond motifs is 1. The molecular weight excluding hydrogens is 499 g/mol. The Labute approximate surface area is 195 Å². The molecule has 4 aromatic rings. The van der Waals surface area contributed by atoms with Crippen LogP contribution in [0.25, 0.3) is 10.8 Å². The van der Waals surface area contributed by atoms with Crippen molar-refractivity contribution in [2.24, 2.45) is 0 Å². The van der Waals surface area contributed by atoms with E-state index in [2.05, 4.69) is 27.9 Å². The fourth-order valence-electron chi connectivity index (χ4n) is 3.60. The van der Waals surface area contributed by atoms with E-state index in [4.69, 9.17) is 0 Å². The van der Waals surface area contributed by atoms with Crippen LogP contribution in [0.4, 0.5) is 11.4 Å². The van der Waals surface area contributed by atoms with Crippen molar-refractivity contribution < 1.29 is 9.59 Å². The Hall–Kier alpha value is -3.19. The van der Waals surface area contributed by atoms with Crippen molar-refractivity contribution in [3.8, 4) is 0 Å². The Morgan fingerprint density at radius 1 is 0.871 bits per heavy atom. The standard InChI is InChI=1S/C26H21IN2O2/c1-2-29(24-16-8-10-18-9-3-4-13-21(18)24)26(31)19-11-7-12-20(17-19)28-25(30)22-14-5-6-15-23(22)27/h3-17H,2H2,1H3,(H,28,30). The summed E-state index contributed by atoms with van der Waals surface area (Å²) < 4.78 is 0.873. The van der Waals surface area contributed by atoms with Crippen LogP contribution in [0.3, 0.4) is 0 Å². The number of benzene rings is 4. The molecule has 5 heteroatoms. The minimum absolute atomic E-state index is 0.107. The average molecular weight is 520 g/mol. The highest BCUT2D eigenvalue weighted by Crippen LogP contribution is 2.28. The summed E-state index contributed by atoms with van der Waals surface area (Å²) in [4.78, 5) is 27.8. The zero-order chi connectivity index (χ0) is 21.8. The van der Waals surface area contributed by atoms with Crippen molar-refractivity contribution in [3.63, 3.8) is 0 Å². The van der Waals surface area contributed by atoms with Crippen LogP contribution in [0.1, 0.15) is 27.6 Å². The lowest BCUT2D eigenvalue weighted by Crippen LogP contribution is -2.30. The van der Waals surface area contributed by atoms with Gasteiger partial charge in [-0.15, -0.1) is 0 Å². The zero-order valence-corrected chi connectivity index (χ0v) is 19.2. The Morgan fingerprint density at radius 2 is 1.58 bits per heavy atom. The highest BCUT2D eigenvalue weighted by Gasteiger charge is 2.19. The molecule has 0 heterocycles. The predicted octanol–water partition coefficient (Wildman–Crippen LogP) is 6.36. The van der Waals surface area contributed by atoms with Crippen molar-refractivity contribution in [1.29, 1.82) is 0 Å². The van der Waals surface area contributed by atoms with Gasteiger partial charge in [0.15, 0.2) is 0 Å². The maximum Gasteiger partial charge on any atom is 0.258 e. The summed E-state index contributed by atoms with van der Waals surface area (Å²) in [5.41, 5.74) is 2.59. The van der Waals surface area contributed by atoms with Crippen LogP contribution < -0.4 is 10.2 Å². The van der Waals surface area contributed by atoms with Crippen LogP contribution in [0.5, 0.6) is 0 Å². The molecule has 0 aliphatic rings. The van der Waals surface area contributed by atoms with Crippen molar-refractivity contribution in [2.45, 2.75) is 6.92 Å². The van der Waals surface area contributed by atoms with Gasteiger partial charge in [0.1, 0.15) is 0 Å². The molecule has 4 aromatic carbocycles. The minimum atomic E-state index is -0.198. The van der Waals surface area contributed by atoms with Gasteiger partial charge in [-0.2, -0.15) is 0 Å². The maximum absolute atomic E-state index is 13.4. The van der Waals surface area contributed by atoms with Crippen LogP contribution in [0, 0.1) is 3.57 Å². The summed E-state index contributed by atoms with van der Waals surface area (Å²) in [6.45, 7) is 2.49. The van der Waals surface area contributed by atoms with Crippen molar-refractivity contribution >= 4 is 56.6 Å². The molecule has 1 N–H and O–H groups in total. The van der Waals surface area contributed by atoms with Gasteiger partial charge in [0.2, 0.25) is 0 Å². The summed E-state index contributed by atoms with van der Waals surface area (Å²) in [5, 5.41) is 5.02. The molecule has 4 nitrogen and oxygen atoms in total. The Balaban J connectivity index is 1.62. The van der Waals surface area contributed by atoms with E-state index in [1.165, 1.54) is 0 Å². The van der Waals surface area contributed by atoms with E-state index in [1.54, 1.807) is 35.2 Å². The van der Waals surface area contributed by atoms with Gasteiger partial charge in [0.25, 0.3) is 11.8 Å². The number of halogens is 1. The normalized spacial score (nSPS) is 10.6. The van der Waals surface area contributed by atoms with E-state index in [-0.39, 0.29) is 11.8 Å². The van der Waals surface area contributed by atoms with Crippen LogP contribution in [0.15, 0.2) is 91.0 Å². The van der Waals surface area contributed by atoms with Crippen LogP contribution in [0.2, 0.25) is 0 Å². The molecule has 0 bridgehead atoms. The lowest BCUT2D eigenvalue weighted by atomic mass is 10.1. The van der Waals surface area contributed by atoms with E-state index in [1.807, 2.05) is 67.6 Å². The maximum atomic E-state index is 13.4. The summed E-state index contributed by atoms with van der Waals surface area (Å²) in [6.07, 6.45) is 0. The fraction of sp³-hybridized carbons (Fsp3) is 0.0769. The van der Waals surface area contributed by atoms with E-state index in [9.17, 15) is 9.59 Å². The fourth-order valence-corrected chi connectivity index (χ4v) is 4.23. The summed E-state index contributed by atoms with van der Waals surface area (Å²) >= 11 is 2.14. The highest BCUT2D eigenvalue weighted by atomic mass is 127. The Bertz CT molecular complexity index is 1260. The SMILES string of the molecule is CCN(C(=O)c1cccc(NC(=O)c2ccccc2I)c1)c1cccc2ccccc12. The van der Waals surface area contributed by atoms with Gasteiger partial charge >= 0.3 is 0 Å². The van der Waals surface area contributed by atoms with Gasteiger partial charge in [-0.05, 0) is 71.3 Å². The first-order valence-corrected chi connectivity index (χ1v) is 11.1. The van der Waals surface area contributed by atoms with Gasteiger partial charge in [-0.1, -0.05) is 54.6 Å². The van der Waals surface area contributed by atoms with Gasteiger partial charge in [0.05, 0.1) is 11.3 Å². The first-order chi connectivity index (χ1) is 15.1. The number of amides is 2. The highest BCUT2D eigenvalue weighted by molar-refractivity contribution is 14.1. The molecule has 154 valence electrons. The minimum Gasteiger partial charge on any atom is -0.322 e. The molecule has 0 saturated carbocycles. The average Bonchev–Trinajstić information content (AvgIpc) is 2.80. The van der Waals surface area contributed by atoms with E-state index in [0.717, 1.165) is 20.0 Å². The molecule has 0 saturated heterocycles. The third-order valence-corrected chi connectivity index (χ3v) is 6.05. The molecule has 0 aliphatic carbocycles. The molecule has 0 unspecified atom stereocenters. The van der Waals surface area contributed by atoms with E-state index < -0.39 is 0 Å². The number of hydrogen-bond acceptors (Lipinski definition) is 2. The lowest BCUT2D eigenvalue weighted by molar-refractivity contribution is 0.0985. The molecule has 0 aliphatic heterocycles. The van der Waals surface area contributed by atoms with Gasteiger partial charge in [-0.3, -0.25) is 9.59 Å².